The monoisotopic (exact) mass is 260 g/mol. The smallest absolute Gasteiger partial charge is 0.161 e. The number of nitriles is 1. The van der Waals surface area contributed by atoms with E-state index in [1.165, 1.54) is 0 Å². The number of likely N-dealkylation sites (N-methyl/N-ethyl adjacent to an activating group) is 1. The molecule has 0 spiro atoms. The van der Waals surface area contributed by atoms with Crippen molar-refractivity contribution >= 4 is 0 Å². The van der Waals surface area contributed by atoms with Crippen LogP contribution in [-0.4, -0.2) is 37.2 Å². The molecular weight excluding hydrogens is 240 g/mol. The standard InChI is InChI=1S/C15H20N2O2/c1-2-17(10-6-5-9-16)11-13-12-18-14-7-3-4-8-15(14)19-13/h3-4,7-8,13H,2,5-6,10-12H2,1H3. The topological polar surface area (TPSA) is 45.5 Å². The lowest BCUT2D eigenvalue weighted by atomic mass is 10.2. The summed E-state index contributed by atoms with van der Waals surface area (Å²) in [5, 5.41) is 8.57. The van der Waals surface area contributed by atoms with E-state index >= 15 is 0 Å². The molecule has 0 fully saturated rings. The maximum absolute atomic E-state index is 8.57. The highest BCUT2D eigenvalue weighted by atomic mass is 16.6. The number of hydrogen-bond acceptors (Lipinski definition) is 4. The highest BCUT2D eigenvalue weighted by Crippen LogP contribution is 2.30. The lowest BCUT2D eigenvalue weighted by Gasteiger charge is -2.30. The number of fused-ring (bicyclic) bond motifs is 1. The Morgan fingerprint density at radius 3 is 2.89 bits per heavy atom. The van der Waals surface area contributed by atoms with Crippen molar-refractivity contribution in [3.63, 3.8) is 0 Å². The SMILES string of the molecule is CCN(CCCC#N)CC1COc2ccccc2O1. The van der Waals surface area contributed by atoms with Crippen molar-refractivity contribution in [2.75, 3.05) is 26.2 Å². The van der Waals surface area contributed by atoms with Gasteiger partial charge in [-0.3, -0.25) is 4.90 Å². The highest BCUT2D eigenvalue weighted by molar-refractivity contribution is 5.40. The second-order valence-corrected chi connectivity index (χ2v) is 4.65. The van der Waals surface area contributed by atoms with E-state index < -0.39 is 0 Å². The average Bonchev–Trinajstić information content (AvgIpc) is 2.46. The molecule has 4 heteroatoms. The largest absolute Gasteiger partial charge is 0.486 e. The summed E-state index contributed by atoms with van der Waals surface area (Å²) in [5.74, 6) is 1.65. The number of ether oxygens (including phenoxy) is 2. The predicted molar refractivity (Wildman–Crippen MR) is 73.3 cm³/mol. The molecule has 1 atom stereocenters. The zero-order valence-electron chi connectivity index (χ0n) is 11.3. The fourth-order valence-electron chi connectivity index (χ4n) is 2.20. The van der Waals surface area contributed by atoms with Crippen molar-refractivity contribution < 1.29 is 9.47 Å². The first-order chi connectivity index (χ1) is 9.33. The molecule has 1 aromatic carbocycles. The van der Waals surface area contributed by atoms with Crippen LogP contribution in [0.1, 0.15) is 19.8 Å². The summed E-state index contributed by atoms with van der Waals surface area (Å²) in [6.07, 6.45) is 1.59. The molecule has 0 saturated carbocycles. The molecule has 0 saturated heterocycles. The Morgan fingerprint density at radius 2 is 2.16 bits per heavy atom. The molecule has 0 bridgehead atoms. The number of benzene rings is 1. The molecular formula is C15H20N2O2. The molecule has 0 amide bonds. The van der Waals surface area contributed by atoms with Crippen LogP contribution in [0.15, 0.2) is 24.3 Å². The van der Waals surface area contributed by atoms with E-state index in [4.69, 9.17) is 14.7 Å². The van der Waals surface area contributed by atoms with Gasteiger partial charge in [0.2, 0.25) is 0 Å². The van der Waals surface area contributed by atoms with Crippen molar-refractivity contribution in [2.45, 2.75) is 25.9 Å². The Morgan fingerprint density at radius 1 is 1.37 bits per heavy atom. The summed E-state index contributed by atoms with van der Waals surface area (Å²) >= 11 is 0. The van der Waals surface area contributed by atoms with Crippen LogP contribution in [0.3, 0.4) is 0 Å². The molecule has 1 aromatic rings. The highest BCUT2D eigenvalue weighted by Gasteiger charge is 2.22. The van der Waals surface area contributed by atoms with Crippen LogP contribution in [-0.2, 0) is 0 Å². The lowest BCUT2D eigenvalue weighted by Crippen LogP contribution is -2.41. The Hall–Kier alpha value is -1.73. The van der Waals surface area contributed by atoms with Gasteiger partial charge in [0.25, 0.3) is 0 Å². The molecule has 0 aromatic heterocycles. The van der Waals surface area contributed by atoms with E-state index in [9.17, 15) is 0 Å². The van der Waals surface area contributed by atoms with Gasteiger partial charge in [-0.15, -0.1) is 0 Å². The van der Waals surface area contributed by atoms with Gasteiger partial charge < -0.3 is 9.47 Å². The molecule has 2 rings (SSSR count). The zero-order valence-corrected chi connectivity index (χ0v) is 11.3. The molecule has 1 aliphatic rings. The second-order valence-electron chi connectivity index (χ2n) is 4.65. The van der Waals surface area contributed by atoms with Crippen LogP contribution in [0.25, 0.3) is 0 Å². The fraction of sp³-hybridized carbons (Fsp3) is 0.533. The normalized spacial score (nSPS) is 17.2. The Kier molecular flexibility index (Phi) is 5.05. The van der Waals surface area contributed by atoms with Gasteiger partial charge >= 0.3 is 0 Å². The predicted octanol–water partition coefficient (Wildman–Crippen LogP) is 2.45. The average molecular weight is 260 g/mol. The van der Waals surface area contributed by atoms with Crippen molar-refractivity contribution in [3.8, 4) is 17.6 Å². The van der Waals surface area contributed by atoms with Gasteiger partial charge in [0.15, 0.2) is 11.5 Å². The van der Waals surface area contributed by atoms with Crippen LogP contribution in [0.2, 0.25) is 0 Å². The molecule has 4 nitrogen and oxygen atoms in total. The van der Waals surface area contributed by atoms with E-state index in [0.717, 1.165) is 37.6 Å². The number of rotatable bonds is 6. The zero-order chi connectivity index (χ0) is 13.5. The summed E-state index contributed by atoms with van der Waals surface area (Å²) in [6.45, 7) is 5.46. The molecule has 1 unspecified atom stereocenters. The van der Waals surface area contributed by atoms with Crippen LogP contribution in [0.4, 0.5) is 0 Å². The first kappa shape index (κ1) is 13.7. The van der Waals surface area contributed by atoms with E-state index in [1.807, 2.05) is 24.3 Å². The van der Waals surface area contributed by atoms with Gasteiger partial charge in [-0.2, -0.15) is 5.26 Å². The molecule has 1 heterocycles. The van der Waals surface area contributed by atoms with Crippen LogP contribution < -0.4 is 9.47 Å². The first-order valence-corrected chi connectivity index (χ1v) is 6.81. The molecule has 102 valence electrons. The maximum atomic E-state index is 8.57. The van der Waals surface area contributed by atoms with E-state index in [1.54, 1.807) is 0 Å². The third kappa shape index (κ3) is 3.87. The van der Waals surface area contributed by atoms with Crippen molar-refractivity contribution in [1.82, 2.24) is 4.90 Å². The Bertz CT molecular complexity index is 442. The minimum absolute atomic E-state index is 0.0666. The Balaban J connectivity index is 1.85. The van der Waals surface area contributed by atoms with E-state index in [-0.39, 0.29) is 6.10 Å². The summed E-state index contributed by atoms with van der Waals surface area (Å²) in [6, 6.07) is 9.95. The van der Waals surface area contributed by atoms with Crippen LogP contribution >= 0.6 is 0 Å². The number of hydrogen-bond donors (Lipinski definition) is 0. The Labute approximate surface area is 114 Å². The van der Waals surface area contributed by atoms with Gasteiger partial charge in [0.1, 0.15) is 12.7 Å². The molecule has 0 radical (unpaired) electrons. The summed E-state index contributed by atoms with van der Waals surface area (Å²) in [7, 11) is 0. The van der Waals surface area contributed by atoms with Crippen molar-refractivity contribution in [1.29, 1.82) is 5.26 Å². The number of para-hydroxylation sites is 2. The van der Waals surface area contributed by atoms with Crippen molar-refractivity contribution in [3.05, 3.63) is 24.3 Å². The minimum Gasteiger partial charge on any atom is -0.486 e. The van der Waals surface area contributed by atoms with Gasteiger partial charge in [-0.25, -0.2) is 0 Å². The second kappa shape index (κ2) is 7.01. The summed E-state index contributed by atoms with van der Waals surface area (Å²) < 4.78 is 11.6. The number of nitrogens with zero attached hydrogens (tertiary/aromatic N) is 2. The van der Waals surface area contributed by atoms with Crippen molar-refractivity contribution in [2.24, 2.45) is 0 Å². The van der Waals surface area contributed by atoms with Crippen LogP contribution in [0, 0.1) is 11.3 Å². The van der Waals surface area contributed by atoms with Gasteiger partial charge in [-0.05, 0) is 31.6 Å². The van der Waals surface area contributed by atoms with Gasteiger partial charge in [0, 0.05) is 13.0 Å². The fourth-order valence-corrected chi connectivity index (χ4v) is 2.20. The van der Waals surface area contributed by atoms with Gasteiger partial charge in [0.05, 0.1) is 6.07 Å². The van der Waals surface area contributed by atoms with Gasteiger partial charge in [-0.1, -0.05) is 19.1 Å². The molecule has 1 aliphatic heterocycles. The maximum Gasteiger partial charge on any atom is 0.161 e. The summed E-state index contributed by atoms with van der Waals surface area (Å²) in [5.41, 5.74) is 0. The van der Waals surface area contributed by atoms with Crippen LogP contribution in [0.5, 0.6) is 11.5 Å². The molecule has 19 heavy (non-hydrogen) atoms. The van der Waals surface area contributed by atoms with E-state index in [2.05, 4.69) is 17.9 Å². The minimum atomic E-state index is 0.0666. The first-order valence-electron chi connectivity index (χ1n) is 6.81. The molecule has 0 N–H and O–H groups in total. The quantitative estimate of drug-likeness (QED) is 0.737. The number of unbranched alkanes of at least 4 members (excludes halogenated alkanes) is 1. The van der Waals surface area contributed by atoms with E-state index in [0.29, 0.717) is 13.0 Å². The summed E-state index contributed by atoms with van der Waals surface area (Å²) in [4.78, 5) is 2.30. The third-order valence-electron chi connectivity index (χ3n) is 3.24. The molecule has 0 aliphatic carbocycles. The lowest BCUT2D eigenvalue weighted by molar-refractivity contribution is 0.0599. The third-order valence-corrected chi connectivity index (χ3v) is 3.24.